The van der Waals surface area contributed by atoms with Crippen LogP contribution >= 0.6 is 0 Å². The van der Waals surface area contributed by atoms with Crippen molar-refractivity contribution in [3.63, 3.8) is 0 Å². The molecule has 17 heavy (non-hydrogen) atoms. The molecule has 0 spiro atoms. The number of rotatable bonds is 5. The number of aromatic amines is 1. The highest BCUT2D eigenvalue weighted by Gasteiger charge is 2.20. The molecule has 0 aliphatic carbocycles. The average molecular weight is 260 g/mol. The van der Waals surface area contributed by atoms with Crippen LogP contribution in [0, 0.1) is 0 Å². The minimum atomic E-state index is -3.58. The topological polar surface area (TPSA) is 88.3 Å². The highest BCUT2D eigenvalue weighted by atomic mass is 32.2. The Balaban J connectivity index is 2.93. The molecule has 0 fully saturated rings. The number of sulfonamides is 1. The van der Waals surface area contributed by atoms with Crippen molar-refractivity contribution < 1.29 is 17.9 Å². The van der Waals surface area contributed by atoms with Crippen molar-refractivity contribution in [1.82, 2.24) is 9.71 Å². The van der Waals surface area contributed by atoms with Gasteiger partial charge in [0.1, 0.15) is 10.6 Å². The molecule has 0 saturated heterocycles. The minimum Gasteiger partial charge on any atom is -0.464 e. The zero-order chi connectivity index (χ0) is 13.1. The predicted molar refractivity (Wildman–Crippen MR) is 62.2 cm³/mol. The summed E-state index contributed by atoms with van der Waals surface area (Å²) in [4.78, 5) is 13.7. The first-order chi connectivity index (χ1) is 7.90. The summed E-state index contributed by atoms with van der Waals surface area (Å²) < 4.78 is 30.7. The van der Waals surface area contributed by atoms with E-state index in [4.69, 9.17) is 0 Å². The molecule has 1 aromatic rings. The molecule has 1 atom stereocenters. The lowest BCUT2D eigenvalue weighted by molar-refractivity contribution is 0.0595. The molecule has 0 saturated carbocycles. The number of aromatic nitrogens is 1. The molecule has 1 unspecified atom stereocenters. The molecular formula is C10H16N2O4S. The van der Waals surface area contributed by atoms with Crippen molar-refractivity contribution in [2.24, 2.45) is 0 Å². The normalized spacial score (nSPS) is 13.4. The number of hydrogen-bond acceptors (Lipinski definition) is 4. The quantitative estimate of drug-likeness (QED) is 0.769. The van der Waals surface area contributed by atoms with Crippen LogP contribution in [-0.4, -0.2) is 32.5 Å². The molecule has 1 heterocycles. The summed E-state index contributed by atoms with van der Waals surface area (Å²) in [5.41, 5.74) is 0.108. The maximum Gasteiger partial charge on any atom is 0.354 e. The van der Waals surface area contributed by atoms with Crippen LogP contribution in [0.2, 0.25) is 0 Å². The van der Waals surface area contributed by atoms with Gasteiger partial charge in [-0.1, -0.05) is 6.92 Å². The van der Waals surface area contributed by atoms with Gasteiger partial charge in [0.2, 0.25) is 10.0 Å². The van der Waals surface area contributed by atoms with Gasteiger partial charge in [-0.3, -0.25) is 0 Å². The fourth-order valence-electron chi connectivity index (χ4n) is 1.17. The van der Waals surface area contributed by atoms with E-state index in [1.54, 1.807) is 6.92 Å². The number of nitrogens with one attached hydrogen (secondary N) is 2. The summed E-state index contributed by atoms with van der Waals surface area (Å²) in [5, 5.41) is 0. The third-order valence-corrected chi connectivity index (χ3v) is 3.91. The van der Waals surface area contributed by atoms with Gasteiger partial charge in [0.25, 0.3) is 0 Å². The Morgan fingerprint density at radius 3 is 2.76 bits per heavy atom. The average Bonchev–Trinajstić information content (AvgIpc) is 2.77. The van der Waals surface area contributed by atoms with Crippen molar-refractivity contribution in [2.75, 3.05) is 7.11 Å². The fraction of sp³-hybridized carbons (Fsp3) is 0.500. The van der Waals surface area contributed by atoms with E-state index in [0.29, 0.717) is 6.42 Å². The lowest BCUT2D eigenvalue weighted by Crippen LogP contribution is -2.31. The first-order valence-electron chi connectivity index (χ1n) is 5.19. The molecule has 0 aliphatic heterocycles. The number of methoxy groups -OCH3 is 1. The van der Waals surface area contributed by atoms with Gasteiger partial charge >= 0.3 is 5.97 Å². The summed E-state index contributed by atoms with van der Waals surface area (Å²) in [6.07, 6.45) is 1.95. The van der Waals surface area contributed by atoms with Gasteiger partial charge in [-0.05, 0) is 19.4 Å². The Morgan fingerprint density at radius 1 is 1.59 bits per heavy atom. The molecule has 0 bridgehead atoms. The first-order valence-corrected chi connectivity index (χ1v) is 6.68. The number of hydrogen-bond donors (Lipinski definition) is 2. The van der Waals surface area contributed by atoms with Crippen LogP contribution in [0.4, 0.5) is 0 Å². The van der Waals surface area contributed by atoms with Crippen LogP contribution in [0.1, 0.15) is 30.8 Å². The van der Waals surface area contributed by atoms with Crippen molar-refractivity contribution in [3.05, 3.63) is 18.0 Å². The van der Waals surface area contributed by atoms with E-state index in [2.05, 4.69) is 14.4 Å². The summed E-state index contributed by atoms with van der Waals surface area (Å²) >= 11 is 0. The van der Waals surface area contributed by atoms with Crippen LogP contribution in [-0.2, 0) is 14.8 Å². The Hall–Kier alpha value is -1.34. The molecule has 0 amide bonds. The van der Waals surface area contributed by atoms with Gasteiger partial charge in [0.05, 0.1) is 7.11 Å². The molecule has 6 nitrogen and oxygen atoms in total. The Morgan fingerprint density at radius 2 is 2.24 bits per heavy atom. The molecule has 96 valence electrons. The van der Waals surface area contributed by atoms with E-state index in [1.807, 2.05) is 6.92 Å². The van der Waals surface area contributed by atoms with Gasteiger partial charge in [-0.25, -0.2) is 17.9 Å². The van der Waals surface area contributed by atoms with Gasteiger partial charge in [0.15, 0.2) is 0 Å². The smallest absolute Gasteiger partial charge is 0.354 e. The molecule has 0 aromatic carbocycles. The number of esters is 1. The van der Waals surface area contributed by atoms with Crippen molar-refractivity contribution >= 4 is 16.0 Å². The molecule has 7 heteroatoms. The minimum absolute atomic E-state index is 0.0261. The van der Waals surface area contributed by atoms with Crippen molar-refractivity contribution in [3.8, 4) is 0 Å². The Kier molecular flexibility index (Phi) is 4.30. The van der Waals surface area contributed by atoms with E-state index < -0.39 is 16.0 Å². The standard InChI is InChI=1S/C10H16N2O4S/c1-4-7(2)12-17(14,15)8-5-9(11-6-8)10(13)16-3/h5-7,11-12H,4H2,1-3H3. The molecule has 0 radical (unpaired) electrons. The second-order valence-corrected chi connectivity index (χ2v) is 5.39. The van der Waals surface area contributed by atoms with E-state index in [9.17, 15) is 13.2 Å². The van der Waals surface area contributed by atoms with Crippen molar-refractivity contribution in [1.29, 1.82) is 0 Å². The fourth-order valence-corrected chi connectivity index (χ4v) is 2.49. The van der Waals surface area contributed by atoms with Crippen LogP contribution in [0.25, 0.3) is 0 Å². The number of carbonyl (C=O) groups excluding carboxylic acids is 1. The molecule has 0 aliphatic rings. The predicted octanol–water partition coefficient (Wildman–Crippen LogP) is 0.878. The molecule has 1 aromatic heterocycles. The highest BCUT2D eigenvalue weighted by Crippen LogP contribution is 2.12. The van der Waals surface area contributed by atoms with Gasteiger partial charge < -0.3 is 9.72 Å². The number of carbonyl (C=O) groups is 1. The van der Waals surface area contributed by atoms with Gasteiger partial charge in [0, 0.05) is 12.2 Å². The van der Waals surface area contributed by atoms with E-state index >= 15 is 0 Å². The summed E-state index contributed by atoms with van der Waals surface area (Å²) in [5.74, 6) is -0.602. The molecular weight excluding hydrogens is 244 g/mol. The lowest BCUT2D eigenvalue weighted by atomic mass is 10.3. The van der Waals surface area contributed by atoms with Crippen LogP contribution in [0.5, 0.6) is 0 Å². The first kappa shape index (κ1) is 13.7. The summed E-state index contributed by atoms with van der Waals surface area (Å²) in [7, 11) is -2.35. The maximum absolute atomic E-state index is 11.8. The second kappa shape index (κ2) is 5.33. The number of H-pyrrole nitrogens is 1. The van der Waals surface area contributed by atoms with Crippen molar-refractivity contribution in [2.45, 2.75) is 31.2 Å². The third-order valence-electron chi connectivity index (χ3n) is 2.34. The van der Waals surface area contributed by atoms with Crippen LogP contribution in [0.3, 0.4) is 0 Å². The van der Waals surface area contributed by atoms with E-state index in [-0.39, 0.29) is 16.6 Å². The summed E-state index contributed by atoms with van der Waals surface area (Å²) in [6.45, 7) is 3.65. The zero-order valence-corrected chi connectivity index (χ0v) is 10.8. The Bertz CT molecular complexity index is 492. The number of ether oxygens (including phenoxy) is 1. The van der Waals surface area contributed by atoms with E-state index in [1.165, 1.54) is 19.4 Å². The summed E-state index contributed by atoms with van der Waals surface area (Å²) in [6, 6.07) is 1.09. The van der Waals surface area contributed by atoms with Crippen LogP contribution in [0.15, 0.2) is 17.2 Å². The molecule has 1 rings (SSSR count). The third kappa shape index (κ3) is 3.31. The van der Waals surface area contributed by atoms with E-state index in [0.717, 1.165) is 0 Å². The lowest BCUT2D eigenvalue weighted by Gasteiger charge is -2.10. The zero-order valence-electron chi connectivity index (χ0n) is 9.98. The second-order valence-electron chi connectivity index (χ2n) is 3.67. The molecule has 2 N–H and O–H groups in total. The van der Waals surface area contributed by atoms with Crippen LogP contribution < -0.4 is 4.72 Å². The maximum atomic E-state index is 11.8. The monoisotopic (exact) mass is 260 g/mol. The SMILES string of the molecule is CCC(C)NS(=O)(=O)c1c[nH]c(C(=O)OC)c1. The van der Waals surface area contributed by atoms with Gasteiger partial charge in [-0.15, -0.1) is 0 Å². The highest BCUT2D eigenvalue weighted by molar-refractivity contribution is 7.89. The largest absolute Gasteiger partial charge is 0.464 e. The Labute approximate surface area is 100 Å². The van der Waals surface area contributed by atoms with Gasteiger partial charge in [-0.2, -0.15) is 0 Å².